The van der Waals surface area contributed by atoms with Gasteiger partial charge in [0.1, 0.15) is 0 Å². The number of amides is 1. The lowest BCUT2D eigenvalue weighted by atomic mass is 9.83. The maximum atomic E-state index is 12.1. The van der Waals surface area contributed by atoms with Gasteiger partial charge in [0.2, 0.25) is 0 Å². The Balaban J connectivity index is 2.03. The highest BCUT2D eigenvalue weighted by atomic mass is 16.2. The molecule has 0 radical (unpaired) electrons. The van der Waals surface area contributed by atoms with Gasteiger partial charge in [0.25, 0.3) is 5.91 Å². The first-order valence-corrected chi connectivity index (χ1v) is 6.93. The molecular formula is C15H23N3O. The molecule has 0 unspecified atom stereocenters. The molecule has 0 heterocycles. The molecule has 0 spiro atoms. The Bertz CT molecular complexity index is 453. The van der Waals surface area contributed by atoms with Crippen LogP contribution in [-0.4, -0.2) is 31.4 Å². The molecule has 1 aromatic carbocycles. The second kappa shape index (κ2) is 5.95. The lowest BCUT2D eigenvalue weighted by molar-refractivity contribution is 0.0828. The monoisotopic (exact) mass is 261 g/mol. The zero-order valence-electron chi connectivity index (χ0n) is 11.8. The molecule has 4 nitrogen and oxygen atoms in total. The normalized spacial score (nSPS) is 14.8. The van der Waals surface area contributed by atoms with Gasteiger partial charge in [-0.1, -0.05) is 19.3 Å². The van der Waals surface area contributed by atoms with Gasteiger partial charge in [-0.05, 0) is 30.5 Å². The minimum Gasteiger partial charge on any atom is -0.399 e. The van der Waals surface area contributed by atoms with Gasteiger partial charge in [0.15, 0.2) is 0 Å². The van der Waals surface area contributed by atoms with Crippen LogP contribution in [0.1, 0.15) is 36.0 Å². The van der Waals surface area contributed by atoms with E-state index in [1.165, 1.54) is 25.7 Å². The fourth-order valence-corrected chi connectivity index (χ4v) is 2.33. The van der Waals surface area contributed by atoms with Crippen LogP contribution in [0.4, 0.5) is 11.4 Å². The zero-order valence-corrected chi connectivity index (χ0v) is 11.8. The number of nitrogens with one attached hydrogen (secondary N) is 1. The topological polar surface area (TPSA) is 58.4 Å². The van der Waals surface area contributed by atoms with E-state index in [2.05, 4.69) is 5.32 Å². The van der Waals surface area contributed by atoms with Crippen LogP contribution in [0.5, 0.6) is 0 Å². The first-order chi connectivity index (χ1) is 9.08. The fraction of sp³-hybridized carbons (Fsp3) is 0.533. The van der Waals surface area contributed by atoms with Crippen LogP contribution in [0.2, 0.25) is 0 Å². The first kappa shape index (κ1) is 13.7. The summed E-state index contributed by atoms with van der Waals surface area (Å²) in [6.45, 7) is 0.905. The SMILES string of the molecule is CN(C)C(=O)c1ccc(N)cc1NCCC1CCC1. The average molecular weight is 261 g/mol. The third kappa shape index (κ3) is 3.40. The van der Waals surface area contributed by atoms with Crippen molar-refractivity contribution in [1.82, 2.24) is 4.90 Å². The molecule has 1 aromatic rings. The molecule has 0 bridgehead atoms. The molecule has 1 amide bonds. The Morgan fingerprint density at radius 2 is 2.16 bits per heavy atom. The number of hydrogen-bond donors (Lipinski definition) is 2. The molecular weight excluding hydrogens is 238 g/mol. The van der Waals surface area contributed by atoms with Crippen molar-refractivity contribution >= 4 is 17.3 Å². The van der Waals surface area contributed by atoms with Crippen LogP contribution in [-0.2, 0) is 0 Å². The summed E-state index contributed by atoms with van der Waals surface area (Å²) in [6, 6.07) is 5.41. The lowest BCUT2D eigenvalue weighted by Crippen LogP contribution is -2.23. The summed E-state index contributed by atoms with van der Waals surface area (Å²) in [6.07, 6.45) is 5.24. The number of nitrogens with two attached hydrogens (primary N) is 1. The first-order valence-electron chi connectivity index (χ1n) is 6.93. The van der Waals surface area contributed by atoms with Gasteiger partial charge < -0.3 is 16.0 Å². The maximum absolute atomic E-state index is 12.1. The molecule has 19 heavy (non-hydrogen) atoms. The highest BCUT2D eigenvalue weighted by Crippen LogP contribution is 2.29. The van der Waals surface area contributed by atoms with Gasteiger partial charge in [0.05, 0.1) is 5.56 Å². The predicted octanol–water partition coefficient (Wildman–Crippen LogP) is 2.57. The highest BCUT2D eigenvalue weighted by Gasteiger charge is 2.17. The lowest BCUT2D eigenvalue weighted by Gasteiger charge is -2.25. The van der Waals surface area contributed by atoms with Crippen molar-refractivity contribution in [3.05, 3.63) is 23.8 Å². The third-order valence-corrected chi connectivity index (χ3v) is 3.77. The van der Waals surface area contributed by atoms with E-state index in [0.29, 0.717) is 11.3 Å². The average Bonchev–Trinajstić information content (AvgIpc) is 2.31. The molecule has 2 rings (SSSR count). The molecule has 104 valence electrons. The molecule has 0 saturated heterocycles. The Morgan fingerprint density at radius 3 is 2.74 bits per heavy atom. The second-order valence-corrected chi connectivity index (χ2v) is 5.52. The highest BCUT2D eigenvalue weighted by molar-refractivity contribution is 5.99. The van der Waals surface area contributed by atoms with E-state index < -0.39 is 0 Å². The van der Waals surface area contributed by atoms with Gasteiger partial charge in [-0.2, -0.15) is 0 Å². The number of carbonyl (C=O) groups is 1. The van der Waals surface area contributed by atoms with E-state index in [-0.39, 0.29) is 5.91 Å². The number of hydrogen-bond acceptors (Lipinski definition) is 3. The second-order valence-electron chi connectivity index (χ2n) is 5.52. The number of carbonyl (C=O) groups excluding carboxylic acids is 1. The summed E-state index contributed by atoms with van der Waals surface area (Å²) in [5.74, 6) is 0.868. The summed E-state index contributed by atoms with van der Waals surface area (Å²) in [5.41, 5.74) is 8.02. The Labute approximate surface area is 115 Å². The van der Waals surface area contributed by atoms with Crippen LogP contribution >= 0.6 is 0 Å². The van der Waals surface area contributed by atoms with Crippen molar-refractivity contribution in [2.75, 3.05) is 31.7 Å². The van der Waals surface area contributed by atoms with Gasteiger partial charge >= 0.3 is 0 Å². The predicted molar refractivity (Wildman–Crippen MR) is 79.3 cm³/mol. The summed E-state index contributed by atoms with van der Waals surface area (Å²) in [4.78, 5) is 13.7. The van der Waals surface area contributed by atoms with E-state index >= 15 is 0 Å². The maximum Gasteiger partial charge on any atom is 0.255 e. The molecule has 0 atom stereocenters. The summed E-state index contributed by atoms with van der Waals surface area (Å²) < 4.78 is 0. The number of benzene rings is 1. The van der Waals surface area contributed by atoms with Gasteiger partial charge in [-0.15, -0.1) is 0 Å². The van der Waals surface area contributed by atoms with Crippen molar-refractivity contribution in [1.29, 1.82) is 0 Å². The van der Waals surface area contributed by atoms with E-state index in [0.717, 1.165) is 18.2 Å². The third-order valence-electron chi connectivity index (χ3n) is 3.77. The molecule has 1 aliphatic carbocycles. The van der Waals surface area contributed by atoms with Crippen LogP contribution < -0.4 is 11.1 Å². The van der Waals surface area contributed by atoms with E-state index in [9.17, 15) is 4.79 Å². The van der Waals surface area contributed by atoms with E-state index in [1.807, 2.05) is 6.07 Å². The minimum atomic E-state index is 0.00569. The van der Waals surface area contributed by atoms with Crippen LogP contribution in [0.3, 0.4) is 0 Å². The Kier molecular flexibility index (Phi) is 4.30. The Hall–Kier alpha value is -1.71. The molecule has 0 aliphatic heterocycles. The van der Waals surface area contributed by atoms with E-state index in [4.69, 9.17) is 5.73 Å². The van der Waals surface area contributed by atoms with Crippen LogP contribution in [0, 0.1) is 5.92 Å². The standard InChI is InChI=1S/C15H23N3O/c1-18(2)15(19)13-7-6-12(16)10-14(13)17-9-8-11-4-3-5-11/h6-7,10-11,17H,3-5,8-9,16H2,1-2H3. The quantitative estimate of drug-likeness (QED) is 0.801. The van der Waals surface area contributed by atoms with Crippen molar-refractivity contribution in [3.8, 4) is 0 Å². The Morgan fingerprint density at radius 1 is 1.42 bits per heavy atom. The van der Waals surface area contributed by atoms with Crippen molar-refractivity contribution in [3.63, 3.8) is 0 Å². The molecule has 1 fully saturated rings. The molecule has 1 aliphatic rings. The zero-order chi connectivity index (χ0) is 13.8. The number of rotatable bonds is 5. The van der Waals surface area contributed by atoms with Gasteiger partial charge in [-0.3, -0.25) is 4.79 Å². The fourth-order valence-electron chi connectivity index (χ4n) is 2.33. The molecule has 4 heteroatoms. The van der Waals surface area contributed by atoms with Gasteiger partial charge in [0, 0.05) is 32.0 Å². The molecule has 0 aromatic heterocycles. The van der Waals surface area contributed by atoms with Crippen LogP contribution in [0.15, 0.2) is 18.2 Å². The smallest absolute Gasteiger partial charge is 0.255 e. The number of anilines is 2. The van der Waals surface area contributed by atoms with E-state index in [1.54, 1.807) is 31.1 Å². The van der Waals surface area contributed by atoms with Crippen molar-refractivity contribution < 1.29 is 4.79 Å². The molecule has 1 saturated carbocycles. The van der Waals surface area contributed by atoms with Gasteiger partial charge in [-0.25, -0.2) is 0 Å². The number of nitrogen functional groups attached to an aromatic ring is 1. The van der Waals surface area contributed by atoms with Crippen LogP contribution in [0.25, 0.3) is 0 Å². The van der Waals surface area contributed by atoms with Crippen molar-refractivity contribution in [2.24, 2.45) is 5.92 Å². The number of nitrogens with zero attached hydrogens (tertiary/aromatic N) is 1. The van der Waals surface area contributed by atoms with Crippen molar-refractivity contribution in [2.45, 2.75) is 25.7 Å². The summed E-state index contributed by atoms with van der Waals surface area (Å²) >= 11 is 0. The summed E-state index contributed by atoms with van der Waals surface area (Å²) in [7, 11) is 3.52. The minimum absolute atomic E-state index is 0.00569. The largest absolute Gasteiger partial charge is 0.399 e. The summed E-state index contributed by atoms with van der Waals surface area (Å²) in [5, 5.41) is 3.36. The molecule has 3 N–H and O–H groups in total.